The van der Waals surface area contributed by atoms with E-state index in [0.29, 0.717) is 28.6 Å². The number of aromatic nitrogens is 2. The number of hydrazine groups is 1. The van der Waals surface area contributed by atoms with Gasteiger partial charge in [-0.15, -0.1) is 0 Å². The summed E-state index contributed by atoms with van der Waals surface area (Å²) in [6.45, 7) is 2.42. The molecule has 0 spiro atoms. The van der Waals surface area contributed by atoms with E-state index in [-0.39, 0.29) is 5.56 Å². The van der Waals surface area contributed by atoms with Gasteiger partial charge >= 0.3 is 0 Å². The lowest BCUT2D eigenvalue weighted by Crippen LogP contribution is -2.41. The number of halogens is 1. The molecule has 0 saturated heterocycles. The van der Waals surface area contributed by atoms with Gasteiger partial charge in [-0.1, -0.05) is 23.7 Å². The second-order valence-electron chi connectivity index (χ2n) is 5.49. The second kappa shape index (κ2) is 8.37. The van der Waals surface area contributed by atoms with Gasteiger partial charge < -0.3 is 4.74 Å². The van der Waals surface area contributed by atoms with Crippen molar-refractivity contribution in [3.05, 3.63) is 77.1 Å². The molecule has 3 rings (SSSR count). The molecule has 0 aliphatic rings. The van der Waals surface area contributed by atoms with E-state index in [1.807, 2.05) is 13.0 Å². The van der Waals surface area contributed by atoms with E-state index in [4.69, 9.17) is 16.3 Å². The van der Waals surface area contributed by atoms with Gasteiger partial charge in [-0.3, -0.25) is 20.4 Å². The number of amides is 2. The van der Waals surface area contributed by atoms with Crippen LogP contribution < -0.4 is 15.6 Å². The highest BCUT2D eigenvalue weighted by atomic mass is 35.5. The van der Waals surface area contributed by atoms with E-state index in [1.165, 1.54) is 17.1 Å². The van der Waals surface area contributed by atoms with Gasteiger partial charge in [0.25, 0.3) is 11.8 Å². The quantitative estimate of drug-likeness (QED) is 0.662. The molecule has 8 heteroatoms. The van der Waals surface area contributed by atoms with Crippen LogP contribution in [-0.2, 0) is 0 Å². The molecule has 0 aliphatic heterocycles. The fourth-order valence-corrected chi connectivity index (χ4v) is 2.56. The maximum absolute atomic E-state index is 12.2. The minimum Gasteiger partial charge on any atom is -0.494 e. The summed E-state index contributed by atoms with van der Waals surface area (Å²) in [4.78, 5) is 24.3. The molecule has 0 unspecified atom stereocenters. The van der Waals surface area contributed by atoms with Crippen molar-refractivity contribution in [2.75, 3.05) is 6.61 Å². The molecule has 138 valence electrons. The van der Waals surface area contributed by atoms with Crippen LogP contribution in [0.3, 0.4) is 0 Å². The topological polar surface area (TPSA) is 85.2 Å². The molecule has 2 aromatic carbocycles. The molecular weight excluding hydrogens is 368 g/mol. The van der Waals surface area contributed by atoms with E-state index in [2.05, 4.69) is 16.0 Å². The van der Waals surface area contributed by atoms with Crippen molar-refractivity contribution in [2.45, 2.75) is 6.92 Å². The second-order valence-corrected chi connectivity index (χ2v) is 5.90. The lowest BCUT2D eigenvalue weighted by Gasteiger charge is -2.07. The highest BCUT2D eigenvalue weighted by Gasteiger charge is 2.12. The molecule has 0 saturated carbocycles. The monoisotopic (exact) mass is 384 g/mol. The first-order chi connectivity index (χ1) is 13.1. The molecule has 0 fully saturated rings. The Balaban J connectivity index is 1.61. The highest BCUT2D eigenvalue weighted by Crippen LogP contribution is 2.19. The summed E-state index contributed by atoms with van der Waals surface area (Å²) in [5.41, 5.74) is 6.05. The van der Waals surface area contributed by atoms with E-state index >= 15 is 0 Å². The van der Waals surface area contributed by atoms with E-state index in [1.54, 1.807) is 42.5 Å². The minimum absolute atomic E-state index is 0.280. The van der Waals surface area contributed by atoms with Crippen molar-refractivity contribution in [3.8, 4) is 11.4 Å². The van der Waals surface area contributed by atoms with Crippen molar-refractivity contribution < 1.29 is 14.3 Å². The number of nitrogens with one attached hydrogen (secondary N) is 2. The van der Waals surface area contributed by atoms with Gasteiger partial charge in [-0.05, 0) is 43.3 Å². The average molecular weight is 385 g/mol. The Morgan fingerprint density at radius 1 is 1.04 bits per heavy atom. The number of rotatable bonds is 5. The standard InChI is InChI=1S/C19H17ClN4O3/c1-2-27-15-9-7-13(8-10-15)18(25)22-23-19(26)14-11-21-24(12-14)17-6-4-3-5-16(17)20/h3-12H,2H2,1H3,(H,22,25)(H,23,26). The van der Waals surface area contributed by atoms with Crippen LogP contribution >= 0.6 is 11.6 Å². The fraction of sp³-hybridized carbons (Fsp3) is 0.105. The van der Waals surface area contributed by atoms with Crippen LogP contribution in [0, 0.1) is 0 Å². The SMILES string of the molecule is CCOc1ccc(C(=O)NNC(=O)c2cnn(-c3ccccc3Cl)c2)cc1. The van der Waals surface area contributed by atoms with Crippen LogP contribution in [0.5, 0.6) is 5.75 Å². The molecule has 2 N–H and O–H groups in total. The summed E-state index contributed by atoms with van der Waals surface area (Å²) in [7, 11) is 0. The van der Waals surface area contributed by atoms with Gasteiger partial charge in [0.05, 0.1) is 29.1 Å². The van der Waals surface area contributed by atoms with Gasteiger partial charge in [0.2, 0.25) is 0 Å². The zero-order valence-corrected chi connectivity index (χ0v) is 15.2. The van der Waals surface area contributed by atoms with Crippen molar-refractivity contribution in [1.82, 2.24) is 20.6 Å². The van der Waals surface area contributed by atoms with Gasteiger partial charge in [0, 0.05) is 11.8 Å². The van der Waals surface area contributed by atoms with Crippen LogP contribution in [0.2, 0.25) is 5.02 Å². The number of hydrogen-bond donors (Lipinski definition) is 2. The van der Waals surface area contributed by atoms with Crippen LogP contribution in [0.25, 0.3) is 5.69 Å². The van der Waals surface area contributed by atoms with E-state index in [9.17, 15) is 9.59 Å². The maximum atomic E-state index is 12.2. The predicted molar refractivity (Wildman–Crippen MR) is 101 cm³/mol. The molecule has 2 amide bonds. The minimum atomic E-state index is -0.493. The summed E-state index contributed by atoms with van der Waals surface area (Å²) in [5.74, 6) is -0.262. The molecule has 1 aromatic heterocycles. The Bertz CT molecular complexity index is 954. The Morgan fingerprint density at radius 3 is 2.37 bits per heavy atom. The molecular formula is C19H17ClN4O3. The maximum Gasteiger partial charge on any atom is 0.272 e. The van der Waals surface area contributed by atoms with Crippen molar-refractivity contribution in [3.63, 3.8) is 0 Å². The number of ether oxygens (including phenoxy) is 1. The Labute approximate surface area is 160 Å². The molecule has 0 radical (unpaired) electrons. The summed E-state index contributed by atoms with van der Waals surface area (Å²) >= 11 is 6.12. The van der Waals surface area contributed by atoms with Crippen LogP contribution in [0.15, 0.2) is 60.9 Å². The average Bonchev–Trinajstić information content (AvgIpc) is 3.17. The van der Waals surface area contributed by atoms with E-state index < -0.39 is 11.8 Å². The molecule has 7 nitrogen and oxygen atoms in total. The van der Waals surface area contributed by atoms with Gasteiger partial charge in [-0.2, -0.15) is 5.10 Å². The summed E-state index contributed by atoms with van der Waals surface area (Å²) in [6, 6.07) is 13.7. The molecule has 0 atom stereocenters. The van der Waals surface area contributed by atoms with Crippen molar-refractivity contribution in [1.29, 1.82) is 0 Å². The highest BCUT2D eigenvalue weighted by molar-refractivity contribution is 6.32. The molecule has 0 aliphatic carbocycles. The smallest absolute Gasteiger partial charge is 0.272 e. The normalized spacial score (nSPS) is 10.3. The first-order valence-corrected chi connectivity index (χ1v) is 8.59. The number of nitrogens with zero attached hydrogens (tertiary/aromatic N) is 2. The first kappa shape index (κ1) is 18.5. The fourth-order valence-electron chi connectivity index (χ4n) is 2.34. The lowest BCUT2D eigenvalue weighted by atomic mass is 10.2. The third-order valence-corrected chi connectivity index (χ3v) is 3.98. The first-order valence-electron chi connectivity index (χ1n) is 8.21. The number of carbonyl (C=O) groups is 2. The van der Waals surface area contributed by atoms with Gasteiger partial charge in [0.1, 0.15) is 5.75 Å². The number of hydrogen-bond acceptors (Lipinski definition) is 4. The third-order valence-electron chi connectivity index (χ3n) is 3.66. The lowest BCUT2D eigenvalue weighted by molar-refractivity contribution is 0.0846. The number of carbonyl (C=O) groups excluding carboxylic acids is 2. The summed E-state index contributed by atoms with van der Waals surface area (Å²) < 4.78 is 6.82. The predicted octanol–water partition coefficient (Wildman–Crippen LogP) is 3.00. The number of para-hydroxylation sites is 1. The molecule has 3 aromatic rings. The molecule has 27 heavy (non-hydrogen) atoms. The zero-order valence-electron chi connectivity index (χ0n) is 14.5. The molecule has 1 heterocycles. The molecule has 0 bridgehead atoms. The summed E-state index contributed by atoms with van der Waals surface area (Å²) in [6.07, 6.45) is 2.92. The summed E-state index contributed by atoms with van der Waals surface area (Å²) in [5, 5.41) is 4.64. The largest absolute Gasteiger partial charge is 0.494 e. The Morgan fingerprint density at radius 2 is 1.70 bits per heavy atom. The van der Waals surface area contributed by atoms with Crippen molar-refractivity contribution >= 4 is 23.4 Å². The van der Waals surface area contributed by atoms with Crippen LogP contribution in [0.4, 0.5) is 0 Å². The number of benzene rings is 2. The van der Waals surface area contributed by atoms with E-state index in [0.717, 1.165) is 0 Å². The zero-order chi connectivity index (χ0) is 19.2. The van der Waals surface area contributed by atoms with Crippen LogP contribution in [0.1, 0.15) is 27.6 Å². The Kier molecular flexibility index (Phi) is 5.73. The van der Waals surface area contributed by atoms with Gasteiger partial charge in [-0.25, -0.2) is 4.68 Å². The third kappa shape index (κ3) is 4.45. The van der Waals surface area contributed by atoms with Crippen LogP contribution in [-0.4, -0.2) is 28.2 Å². The van der Waals surface area contributed by atoms with Gasteiger partial charge in [0.15, 0.2) is 0 Å². The Hall–Kier alpha value is -3.32. The van der Waals surface area contributed by atoms with Crippen molar-refractivity contribution in [2.24, 2.45) is 0 Å².